The number of nitrogens with zero attached hydrogens (tertiary/aromatic N) is 1. The summed E-state index contributed by atoms with van der Waals surface area (Å²) in [6.45, 7) is 1.74. The van der Waals surface area contributed by atoms with Crippen LogP contribution in [0.2, 0.25) is 0 Å². The molecule has 0 aromatic carbocycles. The Labute approximate surface area is 74.5 Å². The molecule has 66 valence electrons. The van der Waals surface area contributed by atoms with Gasteiger partial charge < -0.3 is 10.6 Å². The van der Waals surface area contributed by atoms with E-state index in [1.54, 1.807) is 23.6 Å². The summed E-state index contributed by atoms with van der Waals surface area (Å²) in [6.07, 6.45) is 0.563. The van der Waals surface area contributed by atoms with E-state index in [4.69, 9.17) is 5.73 Å². The molecule has 12 heavy (non-hydrogen) atoms. The second-order valence-corrected chi connectivity index (χ2v) is 4.54. The summed E-state index contributed by atoms with van der Waals surface area (Å²) in [5.74, 6) is 0.288. The van der Waals surface area contributed by atoms with Gasteiger partial charge in [-0.15, -0.1) is 11.8 Å². The van der Waals surface area contributed by atoms with Gasteiger partial charge in [0.15, 0.2) is 0 Å². The van der Waals surface area contributed by atoms with Crippen LogP contribution in [0, 0.1) is 0 Å². The van der Waals surface area contributed by atoms with Crippen molar-refractivity contribution in [3.05, 3.63) is 0 Å². The van der Waals surface area contributed by atoms with Crippen molar-refractivity contribution in [1.82, 2.24) is 4.90 Å². The molecular weight excluding hydrogens is 176 g/mol. The highest BCUT2D eigenvalue weighted by molar-refractivity contribution is 8.00. The fourth-order valence-electron chi connectivity index (χ4n) is 1.63. The molecule has 2 N–H and O–H groups in total. The summed E-state index contributed by atoms with van der Waals surface area (Å²) >= 11 is 1.64. The zero-order chi connectivity index (χ0) is 8.93. The number of nitrogens with two attached hydrogens (primary N) is 1. The summed E-state index contributed by atoms with van der Waals surface area (Å²) in [7, 11) is 0. The van der Waals surface area contributed by atoms with Crippen molar-refractivity contribution in [3.8, 4) is 0 Å². The van der Waals surface area contributed by atoms with E-state index >= 15 is 0 Å². The number of fused-ring (bicyclic) bond motifs is 1. The Balaban J connectivity index is 2.28. The second kappa shape index (κ2) is 2.16. The van der Waals surface area contributed by atoms with Gasteiger partial charge in [0.1, 0.15) is 5.54 Å². The van der Waals surface area contributed by atoms with Gasteiger partial charge >= 0.3 is 0 Å². The van der Waals surface area contributed by atoms with Crippen LogP contribution in [0.1, 0.15) is 13.3 Å². The lowest BCUT2D eigenvalue weighted by Gasteiger charge is -2.41. The first-order valence-electron chi connectivity index (χ1n) is 3.79. The molecular formula is C7H10N2O2S. The highest BCUT2D eigenvalue weighted by Crippen LogP contribution is 2.44. The number of carbonyl (C=O) groups is 2. The van der Waals surface area contributed by atoms with Crippen molar-refractivity contribution in [2.75, 3.05) is 5.75 Å². The molecule has 0 saturated carbocycles. The Morgan fingerprint density at radius 2 is 2.50 bits per heavy atom. The Kier molecular flexibility index (Phi) is 1.42. The van der Waals surface area contributed by atoms with E-state index in [0.29, 0.717) is 12.2 Å². The standard InChI is InChI=1S/C7H10N2O2S/c1-7(6(8)11)3-12-5-2-4(10)9(5)7/h5H,2-3H2,1H3,(H2,8,11). The van der Waals surface area contributed by atoms with Crippen LogP contribution in [-0.4, -0.2) is 33.4 Å². The van der Waals surface area contributed by atoms with E-state index in [9.17, 15) is 9.59 Å². The van der Waals surface area contributed by atoms with Crippen molar-refractivity contribution in [2.45, 2.75) is 24.3 Å². The summed E-state index contributed by atoms with van der Waals surface area (Å²) in [5, 5.41) is 0.204. The number of thioether (sulfide) groups is 1. The second-order valence-electron chi connectivity index (χ2n) is 3.37. The third-order valence-electron chi connectivity index (χ3n) is 2.53. The van der Waals surface area contributed by atoms with Crippen LogP contribution in [0.15, 0.2) is 0 Å². The zero-order valence-electron chi connectivity index (χ0n) is 6.74. The summed E-state index contributed by atoms with van der Waals surface area (Å²) < 4.78 is 0. The molecule has 2 rings (SSSR count). The minimum absolute atomic E-state index is 0.0475. The molecule has 2 fully saturated rings. The van der Waals surface area contributed by atoms with Crippen molar-refractivity contribution in [2.24, 2.45) is 5.73 Å². The Bertz CT molecular complexity index is 268. The largest absolute Gasteiger partial charge is 0.368 e. The van der Waals surface area contributed by atoms with Crippen LogP contribution in [0.3, 0.4) is 0 Å². The van der Waals surface area contributed by atoms with Gasteiger partial charge in [-0.3, -0.25) is 9.59 Å². The average Bonchev–Trinajstić information content (AvgIpc) is 2.22. The van der Waals surface area contributed by atoms with Gasteiger partial charge in [-0.2, -0.15) is 0 Å². The van der Waals surface area contributed by atoms with Crippen LogP contribution in [0.25, 0.3) is 0 Å². The van der Waals surface area contributed by atoms with Gasteiger partial charge in [-0.25, -0.2) is 0 Å². The fraction of sp³-hybridized carbons (Fsp3) is 0.714. The van der Waals surface area contributed by atoms with Gasteiger partial charge in [0.25, 0.3) is 0 Å². The first kappa shape index (κ1) is 7.91. The van der Waals surface area contributed by atoms with Gasteiger partial charge in [-0.05, 0) is 6.92 Å². The van der Waals surface area contributed by atoms with Gasteiger partial charge in [0.05, 0.1) is 11.8 Å². The molecule has 0 bridgehead atoms. The molecule has 2 saturated heterocycles. The van der Waals surface area contributed by atoms with E-state index in [1.807, 2.05) is 0 Å². The Hall–Kier alpha value is -0.710. The van der Waals surface area contributed by atoms with Gasteiger partial charge in [0, 0.05) is 5.75 Å². The topological polar surface area (TPSA) is 63.4 Å². The highest BCUT2D eigenvalue weighted by Gasteiger charge is 2.56. The predicted molar refractivity (Wildman–Crippen MR) is 45.3 cm³/mol. The molecule has 2 heterocycles. The lowest BCUT2D eigenvalue weighted by Crippen LogP contribution is -2.63. The molecule has 4 nitrogen and oxygen atoms in total. The minimum Gasteiger partial charge on any atom is -0.368 e. The molecule has 0 spiro atoms. The first-order valence-corrected chi connectivity index (χ1v) is 4.84. The molecule has 2 amide bonds. The summed E-state index contributed by atoms with van der Waals surface area (Å²) in [5.41, 5.74) is 4.50. The monoisotopic (exact) mass is 186 g/mol. The minimum atomic E-state index is -0.731. The van der Waals surface area contributed by atoms with Crippen molar-refractivity contribution < 1.29 is 9.59 Å². The SMILES string of the molecule is CC1(C(N)=O)CSC2CC(=O)N21. The molecule has 0 radical (unpaired) electrons. The van der Waals surface area contributed by atoms with E-state index in [2.05, 4.69) is 0 Å². The van der Waals surface area contributed by atoms with Crippen molar-refractivity contribution in [1.29, 1.82) is 0 Å². The van der Waals surface area contributed by atoms with Crippen LogP contribution < -0.4 is 5.73 Å². The Morgan fingerprint density at radius 3 is 2.92 bits per heavy atom. The third-order valence-corrected chi connectivity index (χ3v) is 4.02. The maximum atomic E-state index is 11.1. The number of primary amides is 1. The van der Waals surface area contributed by atoms with E-state index < -0.39 is 11.4 Å². The number of hydrogen-bond acceptors (Lipinski definition) is 3. The number of carbonyl (C=O) groups excluding carboxylic acids is 2. The molecule has 2 aliphatic heterocycles. The van der Waals surface area contributed by atoms with Crippen LogP contribution >= 0.6 is 11.8 Å². The molecule has 2 unspecified atom stereocenters. The molecule has 5 heteroatoms. The van der Waals surface area contributed by atoms with Crippen LogP contribution in [-0.2, 0) is 9.59 Å². The van der Waals surface area contributed by atoms with Gasteiger partial charge in [-0.1, -0.05) is 0 Å². The number of hydrogen-bond donors (Lipinski definition) is 1. The van der Waals surface area contributed by atoms with Crippen LogP contribution in [0.4, 0.5) is 0 Å². The average molecular weight is 186 g/mol. The molecule has 0 aromatic rings. The normalized spacial score (nSPS) is 39.2. The van der Waals surface area contributed by atoms with E-state index in [-0.39, 0.29) is 11.3 Å². The zero-order valence-corrected chi connectivity index (χ0v) is 7.56. The lowest BCUT2D eigenvalue weighted by molar-refractivity contribution is -0.153. The number of rotatable bonds is 1. The summed E-state index contributed by atoms with van der Waals surface area (Å²) in [4.78, 5) is 23.8. The quantitative estimate of drug-likeness (QED) is 0.563. The predicted octanol–water partition coefficient (Wildman–Crippen LogP) is -0.464. The van der Waals surface area contributed by atoms with Crippen LogP contribution in [0.5, 0.6) is 0 Å². The lowest BCUT2D eigenvalue weighted by atomic mass is 9.97. The van der Waals surface area contributed by atoms with Crippen molar-refractivity contribution >= 4 is 23.6 Å². The number of β-lactam (4-membered cyclic amide) rings is 1. The van der Waals surface area contributed by atoms with Crippen molar-refractivity contribution in [3.63, 3.8) is 0 Å². The Morgan fingerprint density at radius 1 is 1.83 bits per heavy atom. The molecule has 2 aliphatic rings. The van der Waals surface area contributed by atoms with E-state index in [1.165, 1.54) is 0 Å². The maximum absolute atomic E-state index is 11.1. The van der Waals surface area contributed by atoms with Gasteiger partial charge in [0.2, 0.25) is 11.8 Å². The molecule has 2 atom stereocenters. The third kappa shape index (κ3) is 0.744. The summed E-state index contributed by atoms with van der Waals surface area (Å²) in [6, 6.07) is 0. The maximum Gasteiger partial charge on any atom is 0.244 e. The van der Waals surface area contributed by atoms with E-state index in [0.717, 1.165) is 0 Å². The highest BCUT2D eigenvalue weighted by atomic mass is 32.2. The number of amides is 2. The molecule has 0 aromatic heterocycles. The molecule has 0 aliphatic carbocycles. The smallest absolute Gasteiger partial charge is 0.244 e. The first-order chi connectivity index (χ1) is 5.55. The fourth-order valence-corrected chi connectivity index (χ4v) is 3.19.